The van der Waals surface area contributed by atoms with Crippen molar-refractivity contribution in [3.05, 3.63) is 36.3 Å². The smallest absolute Gasteiger partial charge is 0.233 e. The van der Waals surface area contributed by atoms with Gasteiger partial charge in [0.1, 0.15) is 12.1 Å². The first-order chi connectivity index (χ1) is 17.6. The van der Waals surface area contributed by atoms with E-state index < -0.39 is 22.6 Å². The number of hydrogen-bond acceptors (Lipinski definition) is 9. The van der Waals surface area contributed by atoms with Crippen molar-refractivity contribution in [2.75, 3.05) is 53.3 Å². The van der Waals surface area contributed by atoms with Gasteiger partial charge in [-0.05, 0) is 42.3 Å². The molecule has 0 saturated carbocycles. The molecular weight excluding hydrogens is 493 g/mol. The predicted octanol–water partition coefficient (Wildman–Crippen LogP) is 3.40. The van der Waals surface area contributed by atoms with E-state index in [1.807, 2.05) is 12.3 Å². The van der Waals surface area contributed by atoms with Crippen molar-refractivity contribution in [3.8, 4) is 0 Å². The van der Waals surface area contributed by atoms with E-state index in [1.165, 1.54) is 18.8 Å². The molecule has 2 aliphatic heterocycles. The van der Waals surface area contributed by atoms with Gasteiger partial charge in [-0.15, -0.1) is 0 Å². The Morgan fingerprint density at radius 1 is 1.22 bits per heavy atom. The molecule has 9 nitrogen and oxygen atoms in total. The summed E-state index contributed by atoms with van der Waals surface area (Å²) in [5, 5.41) is 15.3. The third-order valence-corrected chi connectivity index (χ3v) is 8.19. The molecule has 2 fully saturated rings. The lowest BCUT2D eigenvalue weighted by Gasteiger charge is -2.41. The molecule has 2 N–H and O–H groups in total. The Kier molecular flexibility index (Phi) is 7.01. The molecular formula is C26H34FN7O2S. The number of aromatic nitrogens is 4. The van der Waals surface area contributed by atoms with Gasteiger partial charge in [0.25, 0.3) is 0 Å². The average Bonchev–Trinajstić information content (AvgIpc) is 2.82. The summed E-state index contributed by atoms with van der Waals surface area (Å²) >= 11 is 0. The van der Waals surface area contributed by atoms with Gasteiger partial charge in [0.2, 0.25) is 11.9 Å². The number of anilines is 4. The van der Waals surface area contributed by atoms with Crippen molar-refractivity contribution >= 4 is 45.0 Å². The van der Waals surface area contributed by atoms with Crippen LogP contribution in [0.15, 0.2) is 30.7 Å². The van der Waals surface area contributed by atoms with Gasteiger partial charge in [-0.1, -0.05) is 19.9 Å². The second-order valence-electron chi connectivity index (χ2n) is 10.7. The monoisotopic (exact) mass is 527 g/mol. The molecule has 37 heavy (non-hydrogen) atoms. The molecule has 2 aliphatic rings. The number of pyridine rings is 1. The molecule has 0 radical (unpaired) electrons. The largest absolute Gasteiger partial charge is 0.390 e. The molecule has 0 amide bonds. The molecule has 0 bridgehead atoms. The van der Waals surface area contributed by atoms with Crippen molar-refractivity contribution in [3.63, 3.8) is 0 Å². The molecule has 198 valence electrons. The molecule has 4 heterocycles. The van der Waals surface area contributed by atoms with Gasteiger partial charge in [-0.3, -0.25) is 4.21 Å². The summed E-state index contributed by atoms with van der Waals surface area (Å²) in [6.45, 7) is 8.01. The number of nitrogens with zero attached hydrogens (tertiary/aromatic N) is 6. The van der Waals surface area contributed by atoms with Crippen LogP contribution in [0.4, 0.5) is 27.8 Å². The van der Waals surface area contributed by atoms with Gasteiger partial charge in [0, 0.05) is 65.6 Å². The molecule has 2 aromatic heterocycles. The fourth-order valence-electron chi connectivity index (χ4n) is 5.22. The van der Waals surface area contributed by atoms with Gasteiger partial charge in [-0.25, -0.2) is 19.3 Å². The number of halogens is 1. The SMILES string of the molecule is CC(C)c1ccc(N2CC(CS(C)=O)C2)c2cnc(Nc3ncnc(N4CC[C@@H](O)[C@](C)(F)C4)n3)cc12. The number of rotatable bonds is 7. The van der Waals surface area contributed by atoms with E-state index in [9.17, 15) is 13.7 Å². The van der Waals surface area contributed by atoms with Crippen LogP contribution in [-0.2, 0) is 10.8 Å². The second-order valence-corrected chi connectivity index (χ2v) is 12.2. The highest BCUT2D eigenvalue weighted by Crippen LogP contribution is 2.37. The Bertz CT molecular complexity index is 1320. The summed E-state index contributed by atoms with van der Waals surface area (Å²) in [5.74, 6) is 2.81. The van der Waals surface area contributed by atoms with E-state index in [1.54, 1.807) is 11.2 Å². The van der Waals surface area contributed by atoms with E-state index in [4.69, 9.17) is 0 Å². The Balaban J connectivity index is 1.39. The molecule has 5 rings (SSSR count). The Morgan fingerprint density at radius 2 is 2.00 bits per heavy atom. The summed E-state index contributed by atoms with van der Waals surface area (Å²) in [4.78, 5) is 21.7. The normalized spacial score (nSPS) is 23.4. The van der Waals surface area contributed by atoms with Crippen LogP contribution >= 0.6 is 0 Å². The fraction of sp³-hybridized carbons (Fsp3) is 0.538. The number of nitrogens with one attached hydrogen (secondary N) is 1. The highest BCUT2D eigenvalue weighted by atomic mass is 32.2. The number of piperidine rings is 1. The molecule has 0 aliphatic carbocycles. The molecule has 2 saturated heterocycles. The quantitative estimate of drug-likeness (QED) is 0.478. The minimum absolute atomic E-state index is 0.0118. The molecule has 1 unspecified atom stereocenters. The Morgan fingerprint density at radius 3 is 2.70 bits per heavy atom. The number of hydrogen-bond donors (Lipinski definition) is 2. The third-order valence-electron chi connectivity index (χ3n) is 7.25. The highest BCUT2D eigenvalue weighted by Gasteiger charge is 2.39. The standard InChI is InChI=1S/C26H34FN7O2S/c1-16(2)18-5-6-21(34-11-17(12-34)13-37(4)36)20-10-28-23(9-19(18)20)31-24-29-15-30-25(32-24)33-8-7-22(35)26(3,27)14-33/h5-6,9-10,15-17,22,35H,7-8,11-14H2,1-4H3,(H,28,29,30,31,32)/t22-,26-,37?/m1/s1. The summed E-state index contributed by atoms with van der Waals surface area (Å²) in [6, 6.07) is 6.36. The van der Waals surface area contributed by atoms with Crippen LogP contribution in [0.3, 0.4) is 0 Å². The summed E-state index contributed by atoms with van der Waals surface area (Å²) in [6.07, 6.45) is 4.35. The van der Waals surface area contributed by atoms with Crippen LogP contribution in [0, 0.1) is 5.92 Å². The lowest BCUT2D eigenvalue weighted by atomic mass is 9.93. The van der Waals surface area contributed by atoms with Crippen LogP contribution in [-0.4, -0.2) is 79.2 Å². The molecule has 11 heteroatoms. The topological polar surface area (TPSA) is 107 Å². The number of fused-ring (bicyclic) bond motifs is 1. The number of aliphatic hydroxyl groups excluding tert-OH is 1. The van der Waals surface area contributed by atoms with Crippen molar-refractivity contribution in [2.24, 2.45) is 5.92 Å². The lowest BCUT2D eigenvalue weighted by Crippen LogP contribution is -2.52. The van der Waals surface area contributed by atoms with Crippen LogP contribution < -0.4 is 15.1 Å². The first kappa shape index (κ1) is 25.7. The summed E-state index contributed by atoms with van der Waals surface area (Å²) in [7, 11) is -0.781. The van der Waals surface area contributed by atoms with Crippen molar-refractivity contribution < 1.29 is 13.7 Å². The van der Waals surface area contributed by atoms with Gasteiger partial charge >= 0.3 is 0 Å². The maximum atomic E-state index is 14.7. The maximum absolute atomic E-state index is 14.7. The van der Waals surface area contributed by atoms with Gasteiger partial charge < -0.3 is 20.2 Å². The number of benzene rings is 1. The molecule has 3 atom stereocenters. The minimum Gasteiger partial charge on any atom is -0.390 e. The van der Waals surface area contributed by atoms with Crippen LogP contribution in [0.1, 0.15) is 38.7 Å². The second kappa shape index (κ2) is 10.1. The first-order valence-corrected chi connectivity index (χ1v) is 14.4. The van der Waals surface area contributed by atoms with Gasteiger partial charge in [0.05, 0.1) is 12.6 Å². The molecule has 3 aromatic rings. The van der Waals surface area contributed by atoms with Crippen LogP contribution in [0.25, 0.3) is 10.8 Å². The Hall–Kier alpha value is -2.92. The highest BCUT2D eigenvalue weighted by molar-refractivity contribution is 7.84. The van der Waals surface area contributed by atoms with Gasteiger partial charge in [-0.2, -0.15) is 4.98 Å². The lowest BCUT2D eigenvalue weighted by molar-refractivity contribution is -0.00860. The maximum Gasteiger partial charge on any atom is 0.233 e. The first-order valence-electron chi connectivity index (χ1n) is 12.7. The van der Waals surface area contributed by atoms with Gasteiger partial charge in [0.15, 0.2) is 5.67 Å². The molecule has 0 spiro atoms. The zero-order chi connectivity index (χ0) is 26.3. The van der Waals surface area contributed by atoms with Crippen molar-refractivity contribution in [1.82, 2.24) is 19.9 Å². The van der Waals surface area contributed by atoms with E-state index in [0.717, 1.165) is 35.3 Å². The predicted molar refractivity (Wildman–Crippen MR) is 146 cm³/mol. The Labute approximate surface area is 219 Å². The number of alkyl halides is 1. The molecule has 1 aromatic carbocycles. The van der Waals surface area contributed by atoms with Crippen LogP contribution in [0.2, 0.25) is 0 Å². The van der Waals surface area contributed by atoms with E-state index in [0.29, 0.717) is 42.5 Å². The summed E-state index contributed by atoms with van der Waals surface area (Å²) < 4.78 is 26.3. The van der Waals surface area contributed by atoms with Crippen molar-refractivity contribution in [2.45, 2.75) is 44.9 Å². The van der Waals surface area contributed by atoms with E-state index in [2.05, 4.69) is 56.1 Å². The van der Waals surface area contributed by atoms with E-state index in [-0.39, 0.29) is 6.54 Å². The van der Waals surface area contributed by atoms with Crippen LogP contribution in [0.5, 0.6) is 0 Å². The number of aliphatic hydroxyl groups is 1. The zero-order valence-electron chi connectivity index (χ0n) is 21.7. The van der Waals surface area contributed by atoms with E-state index >= 15 is 0 Å². The third kappa shape index (κ3) is 5.38. The minimum atomic E-state index is -1.73. The summed E-state index contributed by atoms with van der Waals surface area (Å²) in [5.41, 5.74) is 0.634. The average molecular weight is 528 g/mol. The fourth-order valence-corrected chi connectivity index (χ4v) is 6.09. The zero-order valence-corrected chi connectivity index (χ0v) is 22.5. The van der Waals surface area contributed by atoms with Crippen molar-refractivity contribution in [1.29, 1.82) is 0 Å².